The molecule has 1 fully saturated rings. The SMILES string of the molecule is Cc1cccc(N2CCCNCCC2=O)c1. The van der Waals surface area contributed by atoms with Crippen LogP contribution in [0.3, 0.4) is 0 Å². The van der Waals surface area contributed by atoms with Crippen LogP contribution in [0.4, 0.5) is 5.69 Å². The maximum atomic E-state index is 12.0. The van der Waals surface area contributed by atoms with Gasteiger partial charge in [0.1, 0.15) is 0 Å². The predicted molar refractivity (Wildman–Crippen MR) is 65.6 cm³/mol. The van der Waals surface area contributed by atoms with E-state index in [-0.39, 0.29) is 5.91 Å². The Morgan fingerprint density at radius 3 is 3.00 bits per heavy atom. The summed E-state index contributed by atoms with van der Waals surface area (Å²) in [6.45, 7) is 4.66. The molecule has 0 saturated carbocycles. The van der Waals surface area contributed by atoms with Crippen molar-refractivity contribution in [3.63, 3.8) is 0 Å². The lowest BCUT2D eigenvalue weighted by Gasteiger charge is -2.25. The molecule has 86 valence electrons. The first-order valence-electron chi connectivity index (χ1n) is 5.85. The van der Waals surface area contributed by atoms with Crippen LogP contribution in [0.15, 0.2) is 24.3 Å². The highest BCUT2D eigenvalue weighted by molar-refractivity contribution is 5.93. The van der Waals surface area contributed by atoms with Crippen LogP contribution >= 0.6 is 0 Å². The van der Waals surface area contributed by atoms with Gasteiger partial charge in [-0.25, -0.2) is 0 Å². The molecule has 1 aromatic rings. The Bertz CT molecular complexity index is 376. The van der Waals surface area contributed by atoms with Gasteiger partial charge in [-0.2, -0.15) is 0 Å². The topological polar surface area (TPSA) is 32.3 Å². The Morgan fingerprint density at radius 2 is 2.19 bits per heavy atom. The average Bonchev–Trinajstić information content (AvgIpc) is 2.24. The summed E-state index contributed by atoms with van der Waals surface area (Å²) in [5.41, 5.74) is 2.23. The molecule has 0 aliphatic carbocycles. The van der Waals surface area contributed by atoms with Crippen LogP contribution in [-0.2, 0) is 4.79 Å². The number of amides is 1. The molecular formula is C13H18N2O. The number of anilines is 1. The maximum Gasteiger partial charge on any atom is 0.228 e. The van der Waals surface area contributed by atoms with Crippen molar-refractivity contribution in [1.29, 1.82) is 0 Å². The van der Waals surface area contributed by atoms with Gasteiger partial charge in [-0.05, 0) is 37.6 Å². The largest absolute Gasteiger partial charge is 0.316 e. The van der Waals surface area contributed by atoms with Crippen LogP contribution in [0.2, 0.25) is 0 Å². The molecule has 3 heteroatoms. The summed E-state index contributed by atoms with van der Waals surface area (Å²) in [6, 6.07) is 8.15. The quantitative estimate of drug-likeness (QED) is 0.778. The molecule has 0 aromatic heterocycles. The van der Waals surface area contributed by atoms with Crippen molar-refractivity contribution in [2.24, 2.45) is 0 Å². The third kappa shape index (κ3) is 2.61. The molecule has 1 N–H and O–H groups in total. The molecule has 1 amide bonds. The molecule has 1 aliphatic rings. The summed E-state index contributed by atoms with van der Waals surface area (Å²) in [7, 11) is 0. The van der Waals surface area contributed by atoms with E-state index in [1.165, 1.54) is 5.56 Å². The predicted octanol–water partition coefficient (Wildman–Crippen LogP) is 1.71. The minimum atomic E-state index is 0.220. The molecule has 0 radical (unpaired) electrons. The fraction of sp³-hybridized carbons (Fsp3) is 0.462. The first-order valence-corrected chi connectivity index (χ1v) is 5.85. The van der Waals surface area contributed by atoms with Crippen molar-refractivity contribution in [3.8, 4) is 0 Å². The second-order valence-corrected chi connectivity index (χ2v) is 4.24. The molecular weight excluding hydrogens is 200 g/mol. The van der Waals surface area contributed by atoms with E-state index >= 15 is 0 Å². The summed E-state index contributed by atoms with van der Waals surface area (Å²) < 4.78 is 0. The Kier molecular flexibility index (Phi) is 3.57. The van der Waals surface area contributed by atoms with E-state index < -0.39 is 0 Å². The van der Waals surface area contributed by atoms with Crippen molar-refractivity contribution in [1.82, 2.24) is 5.32 Å². The zero-order chi connectivity index (χ0) is 11.4. The number of carbonyl (C=O) groups excluding carboxylic acids is 1. The Hall–Kier alpha value is -1.35. The molecule has 1 saturated heterocycles. The molecule has 0 unspecified atom stereocenters. The van der Waals surface area contributed by atoms with Crippen LogP contribution < -0.4 is 10.2 Å². The van der Waals surface area contributed by atoms with Crippen molar-refractivity contribution in [2.45, 2.75) is 19.8 Å². The summed E-state index contributed by atoms with van der Waals surface area (Å²) >= 11 is 0. The second kappa shape index (κ2) is 5.12. The molecule has 1 aliphatic heterocycles. The molecule has 16 heavy (non-hydrogen) atoms. The van der Waals surface area contributed by atoms with Gasteiger partial charge in [0.15, 0.2) is 0 Å². The van der Waals surface area contributed by atoms with Crippen LogP contribution in [0.25, 0.3) is 0 Å². The van der Waals surface area contributed by atoms with Crippen LogP contribution in [-0.4, -0.2) is 25.5 Å². The number of nitrogens with one attached hydrogen (secondary N) is 1. The van der Waals surface area contributed by atoms with Crippen LogP contribution in [0.5, 0.6) is 0 Å². The normalized spacial score (nSPS) is 18.1. The van der Waals surface area contributed by atoms with Crippen molar-refractivity contribution in [2.75, 3.05) is 24.5 Å². The van der Waals surface area contributed by atoms with E-state index in [4.69, 9.17) is 0 Å². The van der Waals surface area contributed by atoms with E-state index in [1.54, 1.807) is 0 Å². The third-order valence-electron chi connectivity index (χ3n) is 2.87. The lowest BCUT2D eigenvalue weighted by atomic mass is 10.1. The molecule has 0 atom stereocenters. The first kappa shape index (κ1) is 11.1. The van der Waals surface area contributed by atoms with Gasteiger partial charge in [-0.3, -0.25) is 4.79 Å². The number of hydrogen-bond donors (Lipinski definition) is 1. The van der Waals surface area contributed by atoms with Gasteiger partial charge in [0.2, 0.25) is 5.91 Å². The minimum absolute atomic E-state index is 0.220. The highest BCUT2D eigenvalue weighted by Crippen LogP contribution is 2.17. The number of nitrogens with zero attached hydrogens (tertiary/aromatic N) is 1. The number of aryl methyl sites for hydroxylation is 1. The Morgan fingerprint density at radius 1 is 1.31 bits per heavy atom. The van der Waals surface area contributed by atoms with Gasteiger partial charge in [-0.15, -0.1) is 0 Å². The highest BCUT2D eigenvalue weighted by atomic mass is 16.2. The number of rotatable bonds is 1. The second-order valence-electron chi connectivity index (χ2n) is 4.24. The van der Waals surface area contributed by atoms with Gasteiger partial charge in [0.05, 0.1) is 0 Å². The minimum Gasteiger partial charge on any atom is -0.316 e. The highest BCUT2D eigenvalue weighted by Gasteiger charge is 2.16. The van der Waals surface area contributed by atoms with Crippen LogP contribution in [0, 0.1) is 6.92 Å². The van der Waals surface area contributed by atoms with Crippen molar-refractivity contribution >= 4 is 11.6 Å². The smallest absolute Gasteiger partial charge is 0.228 e. The van der Waals surface area contributed by atoms with E-state index in [0.717, 1.165) is 31.7 Å². The summed E-state index contributed by atoms with van der Waals surface area (Å²) in [5.74, 6) is 0.220. The van der Waals surface area contributed by atoms with Gasteiger partial charge >= 0.3 is 0 Å². The van der Waals surface area contributed by atoms with Gasteiger partial charge in [-0.1, -0.05) is 12.1 Å². The Labute approximate surface area is 96.5 Å². The van der Waals surface area contributed by atoms with Crippen LogP contribution in [0.1, 0.15) is 18.4 Å². The van der Waals surface area contributed by atoms with Gasteiger partial charge in [0, 0.05) is 25.2 Å². The molecule has 1 heterocycles. The summed E-state index contributed by atoms with van der Waals surface area (Å²) in [6.07, 6.45) is 1.60. The molecule has 0 spiro atoms. The molecule has 1 aromatic carbocycles. The van der Waals surface area contributed by atoms with Gasteiger partial charge < -0.3 is 10.2 Å². The summed E-state index contributed by atoms with van der Waals surface area (Å²) in [5, 5.41) is 3.25. The first-order chi connectivity index (χ1) is 7.77. The number of benzene rings is 1. The fourth-order valence-corrected chi connectivity index (χ4v) is 2.01. The standard InChI is InChI=1S/C13H18N2O/c1-11-4-2-5-12(10-11)15-9-3-7-14-8-6-13(15)16/h2,4-5,10,14H,3,6-9H2,1H3. The van der Waals surface area contributed by atoms with Crippen molar-refractivity contribution < 1.29 is 4.79 Å². The average molecular weight is 218 g/mol. The number of hydrogen-bond acceptors (Lipinski definition) is 2. The van der Waals surface area contributed by atoms with Crippen molar-refractivity contribution in [3.05, 3.63) is 29.8 Å². The summed E-state index contributed by atoms with van der Waals surface area (Å²) in [4.78, 5) is 13.9. The number of carbonyl (C=O) groups is 1. The van der Waals surface area contributed by atoms with E-state index in [0.29, 0.717) is 6.42 Å². The Balaban J connectivity index is 2.19. The zero-order valence-corrected chi connectivity index (χ0v) is 9.70. The third-order valence-corrected chi connectivity index (χ3v) is 2.87. The van der Waals surface area contributed by atoms with E-state index in [1.807, 2.05) is 17.0 Å². The monoisotopic (exact) mass is 218 g/mol. The maximum absolute atomic E-state index is 12.0. The van der Waals surface area contributed by atoms with E-state index in [9.17, 15) is 4.79 Å². The lowest BCUT2D eigenvalue weighted by molar-refractivity contribution is -0.118. The lowest BCUT2D eigenvalue weighted by Crippen LogP contribution is -2.38. The molecule has 3 nitrogen and oxygen atoms in total. The molecule has 0 bridgehead atoms. The fourth-order valence-electron chi connectivity index (χ4n) is 2.01. The zero-order valence-electron chi connectivity index (χ0n) is 9.70. The van der Waals surface area contributed by atoms with Gasteiger partial charge in [0.25, 0.3) is 0 Å². The molecule has 2 rings (SSSR count). The van der Waals surface area contributed by atoms with E-state index in [2.05, 4.69) is 24.4 Å².